The number of rotatable bonds is 3. The third kappa shape index (κ3) is 4.03. The Morgan fingerprint density at radius 1 is 0.460 bits per heavy atom. The summed E-state index contributed by atoms with van der Waals surface area (Å²) in [5, 5.41) is 8.51. The lowest BCUT2D eigenvalue weighted by molar-refractivity contribution is 1.12. The summed E-state index contributed by atoms with van der Waals surface area (Å²) < 4.78 is 2.31. The van der Waals surface area contributed by atoms with E-state index in [0.29, 0.717) is 5.95 Å². The van der Waals surface area contributed by atoms with Crippen LogP contribution < -0.4 is 4.90 Å². The molecule has 0 radical (unpaired) electrons. The van der Waals surface area contributed by atoms with Gasteiger partial charge in [-0.15, -0.1) is 11.3 Å². The minimum Gasteiger partial charge on any atom is -0.278 e. The summed E-state index contributed by atoms with van der Waals surface area (Å²) in [5.74, 6) is 0.674. The van der Waals surface area contributed by atoms with E-state index in [2.05, 4.69) is 169 Å². The first-order chi connectivity index (χ1) is 24.8. The van der Waals surface area contributed by atoms with E-state index in [-0.39, 0.29) is 0 Å². The molecule has 0 fully saturated rings. The number of anilines is 3. The van der Waals surface area contributed by atoms with Crippen LogP contribution >= 0.6 is 11.3 Å². The van der Waals surface area contributed by atoms with Gasteiger partial charge in [-0.25, -0.2) is 9.97 Å². The van der Waals surface area contributed by atoms with Crippen LogP contribution in [0.5, 0.6) is 0 Å². The second kappa shape index (κ2) is 10.6. The molecule has 0 bridgehead atoms. The molecule has 0 saturated heterocycles. The summed E-state index contributed by atoms with van der Waals surface area (Å²) in [7, 11) is 0. The van der Waals surface area contributed by atoms with Gasteiger partial charge >= 0.3 is 0 Å². The molecule has 0 N–H and O–H groups in total. The van der Waals surface area contributed by atoms with Gasteiger partial charge in [0.1, 0.15) is 0 Å². The maximum atomic E-state index is 5.50. The Morgan fingerprint density at radius 3 is 2.02 bits per heavy atom. The minimum absolute atomic E-state index is 0.674. The van der Waals surface area contributed by atoms with Crippen molar-refractivity contribution in [3.8, 4) is 33.5 Å². The Balaban J connectivity index is 1.16. The van der Waals surface area contributed by atoms with Crippen molar-refractivity contribution in [3.05, 3.63) is 164 Å². The van der Waals surface area contributed by atoms with E-state index in [1.165, 1.54) is 59.3 Å². The van der Waals surface area contributed by atoms with Crippen LogP contribution in [0.2, 0.25) is 0 Å². The highest BCUT2D eigenvalue weighted by atomic mass is 32.1. The van der Waals surface area contributed by atoms with E-state index >= 15 is 0 Å². The molecule has 4 heteroatoms. The monoisotopic (exact) mass is 653 g/mol. The summed E-state index contributed by atoms with van der Waals surface area (Å²) in [4.78, 5) is 13.2. The highest BCUT2D eigenvalue weighted by Crippen LogP contribution is 2.53. The zero-order valence-corrected chi connectivity index (χ0v) is 27.7. The molecular weight excluding hydrogens is 627 g/mol. The van der Waals surface area contributed by atoms with E-state index in [4.69, 9.17) is 9.97 Å². The lowest BCUT2D eigenvalue weighted by atomic mass is 9.88. The van der Waals surface area contributed by atoms with Gasteiger partial charge in [0.2, 0.25) is 5.95 Å². The van der Waals surface area contributed by atoms with Crippen LogP contribution in [0.25, 0.3) is 86.1 Å². The molecule has 0 saturated carbocycles. The molecule has 0 spiro atoms. The topological polar surface area (TPSA) is 29.0 Å². The van der Waals surface area contributed by atoms with Gasteiger partial charge < -0.3 is 0 Å². The lowest BCUT2D eigenvalue weighted by Gasteiger charge is -2.32. The van der Waals surface area contributed by atoms with E-state index < -0.39 is 0 Å². The van der Waals surface area contributed by atoms with Crippen LogP contribution in [-0.4, -0.2) is 9.97 Å². The van der Waals surface area contributed by atoms with Crippen LogP contribution in [0.4, 0.5) is 17.3 Å². The van der Waals surface area contributed by atoms with Gasteiger partial charge in [-0.1, -0.05) is 140 Å². The first kappa shape index (κ1) is 27.6. The maximum Gasteiger partial charge on any atom is 0.235 e. The van der Waals surface area contributed by atoms with Gasteiger partial charge in [0.05, 0.1) is 27.3 Å². The molecule has 50 heavy (non-hydrogen) atoms. The van der Waals surface area contributed by atoms with Crippen molar-refractivity contribution in [2.75, 3.05) is 4.90 Å². The summed E-state index contributed by atoms with van der Waals surface area (Å²) in [6.45, 7) is 0. The quantitative estimate of drug-likeness (QED) is 0.190. The highest BCUT2D eigenvalue weighted by molar-refractivity contribution is 7.26. The molecule has 1 aliphatic heterocycles. The standard InChI is InChI=1S/C46H27N3S/c1-2-11-33-27-34(24-21-28(33)9-1)29-19-22-32(23-20-29)43-45-44(36-15-5-6-18-40(36)50-45)48-46(47-43)49-38-17-8-13-31-12-7-16-37(41(31)38)42-35-14-4-3-10-30(35)25-26-39(42)49/h1-27H. The minimum atomic E-state index is 0.674. The fourth-order valence-corrected chi connectivity index (χ4v) is 9.01. The van der Waals surface area contributed by atoms with E-state index in [9.17, 15) is 0 Å². The SMILES string of the molecule is c1ccc2cc(-c3ccc(-c4nc(N5c6ccc7ccccc7c6-c6cccc7cccc5c67)nc5c4sc4ccccc45)cc3)ccc2c1. The Kier molecular flexibility index (Phi) is 5.83. The number of hydrogen-bond acceptors (Lipinski definition) is 4. The van der Waals surface area contributed by atoms with E-state index in [1.54, 1.807) is 11.3 Å². The van der Waals surface area contributed by atoms with Crippen LogP contribution in [0.3, 0.4) is 0 Å². The summed E-state index contributed by atoms with van der Waals surface area (Å²) >= 11 is 1.77. The number of thiophene rings is 1. The van der Waals surface area contributed by atoms with Gasteiger partial charge in [-0.3, -0.25) is 4.90 Å². The van der Waals surface area contributed by atoms with Crippen molar-refractivity contribution in [3.63, 3.8) is 0 Å². The van der Waals surface area contributed by atoms with Crippen LogP contribution in [0.1, 0.15) is 0 Å². The molecule has 1 aliphatic rings. The smallest absolute Gasteiger partial charge is 0.235 e. The molecule has 3 nitrogen and oxygen atoms in total. The average molecular weight is 654 g/mol. The number of fused-ring (bicyclic) bond motifs is 8. The predicted octanol–water partition coefficient (Wildman–Crippen LogP) is 13.1. The summed E-state index contributed by atoms with van der Waals surface area (Å²) in [6.07, 6.45) is 0. The molecule has 3 heterocycles. The summed E-state index contributed by atoms with van der Waals surface area (Å²) in [6, 6.07) is 59.0. The molecular formula is C46H27N3S. The Bertz CT molecular complexity index is 2990. The summed E-state index contributed by atoms with van der Waals surface area (Å²) in [5.41, 5.74) is 10.0. The molecule has 0 atom stereocenters. The Morgan fingerprint density at radius 2 is 1.14 bits per heavy atom. The van der Waals surface area contributed by atoms with E-state index in [0.717, 1.165) is 38.2 Å². The molecule has 0 aliphatic carbocycles. The number of benzene rings is 8. The van der Waals surface area contributed by atoms with E-state index in [1.807, 2.05) is 0 Å². The van der Waals surface area contributed by atoms with Crippen molar-refractivity contribution < 1.29 is 0 Å². The van der Waals surface area contributed by atoms with Gasteiger partial charge in [-0.2, -0.15) is 0 Å². The van der Waals surface area contributed by atoms with Crippen LogP contribution in [0, 0.1) is 0 Å². The lowest BCUT2D eigenvalue weighted by Crippen LogP contribution is -2.18. The Labute approximate surface area is 292 Å². The molecule has 11 rings (SSSR count). The van der Waals surface area contributed by atoms with Gasteiger partial charge in [-0.05, 0) is 67.9 Å². The third-order valence-electron chi connectivity index (χ3n) is 10.2. The zero-order chi connectivity index (χ0) is 32.8. The van der Waals surface area contributed by atoms with Gasteiger partial charge in [0, 0.05) is 26.6 Å². The van der Waals surface area contributed by atoms with Crippen molar-refractivity contribution in [1.82, 2.24) is 9.97 Å². The normalized spacial score (nSPS) is 12.4. The molecule has 10 aromatic rings. The highest BCUT2D eigenvalue weighted by Gasteiger charge is 2.30. The van der Waals surface area contributed by atoms with Crippen LogP contribution in [-0.2, 0) is 0 Å². The van der Waals surface area contributed by atoms with Gasteiger partial charge in [0.25, 0.3) is 0 Å². The van der Waals surface area contributed by atoms with Crippen LogP contribution in [0.15, 0.2) is 164 Å². The predicted molar refractivity (Wildman–Crippen MR) is 212 cm³/mol. The van der Waals surface area contributed by atoms with Gasteiger partial charge in [0.15, 0.2) is 0 Å². The third-order valence-corrected chi connectivity index (χ3v) is 11.4. The van der Waals surface area contributed by atoms with Crippen molar-refractivity contribution in [2.45, 2.75) is 0 Å². The maximum absolute atomic E-state index is 5.50. The average Bonchev–Trinajstić information content (AvgIpc) is 3.56. The zero-order valence-electron chi connectivity index (χ0n) is 26.8. The largest absolute Gasteiger partial charge is 0.278 e. The molecule has 0 amide bonds. The molecule has 232 valence electrons. The number of hydrogen-bond donors (Lipinski definition) is 0. The molecule has 0 unspecified atom stereocenters. The van der Waals surface area contributed by atoms with Crippen molar-refractivity contribution in [1.29, 1.82) is 0 Å². The first-order valence-corrected chi connectivity index (χ1v) is 17.7. The second-order valence-corrected chi connectivity index (χ2v) is 14.0. The van der Waals surface area contributed by atoms with Crippen molar-refractivity contribution >= 4 is 81.3 Å². The number of aromatic nitrogens is 2. The second-order valence-electron chi connectivity index (χ2n) is 13.0. The molecule has 8 aromatic carbocycles. The fraction of sp³-hybridized carbons (Fsp3) is 0. The molecule has 2 aromatic heterocycles. The number of nitrogens with zero attached hydrogens (tertiary/aromatic N) is 3. The fourth-order valence-electron chi connectivity index (χ4n) is 7.85. The first-order valence-electron chi connectivity index (χ1n) is 16.9. The Hall–Kier alpha value is -6.36. The van der Waals surface area contributed by atoms with Crippen molar-refractivity contribution in [2.24, 2.45) is 0 Å².